The number of rotatable bonds is 4. The largest absolute Gasteiger partial charge is 0.493 e. The SMILES string of the molecule is OCc1ccc(OCC2CCCc3ccccc32)cc1. The van der Waals surface area contributed by atoms with Crippen LogP contribution in [0.1, 0.15) is 35.4 Å². The molecule has 0 spiro atoms. The minimum atomic E-state index is 0.0796. The Labute approximate surface area is 120 Å². The Bertz CT molecular complexity index is 560. The Kier molecular flexibility index (Phi) is 4.03. The summed E-state index contributed by atoms with van der Waals surface area (Å²) in [6.45, 7) is 0.811. The molecule has 0 amide bonds. The topological polar surface area (TPSA) is 29.5 Å². The van der Waals surface area contributed by atoms with E-state index in [4.69, 9.17) is 9.84 Å². The summed E-state index contributed by atoms with van der Waals surface area (Å²) < 4.78 is 5.92. The highest BCUT2D eigenvalue weighted by Gasteiger charge is 2.20. The molecule has 3 rings (SSSR count). The summed E-state index contributed by atoms with van der Waals surface area (Å²) >= 11 is 0. The van der Waals surface area contributed by atoms with Gasteiger partial charge in [-0.1, -0.05) is 36.4 Å². The van der Waals surface area contributed by atoms with Crippen LogP contribution >= 0.6 is 0 Å². The van der Waals surface area contributed by atoms with Crippen LogP contribution in [0.25, 0.3) is 0 Å². The third-order valence-electron chi connectivity index (χ3n) is 4.05. The number of aliphatic hydroxyl groups is 1. The van der Waals surface area contributed by atoms with Gasteiger partial charge in [-0.05, 0) is 48.1 Å². The third kappa shape index (κ3) is 2.86. The number of fused-ring (bicyclic) bond motifs is 1. The highest BCUT2D eigenvalue weighted by Crippen LogP contribution is 2.31. The molecule has 2 heteroatoms. The second-order valence-corrected chi connectivity index (χ2v) is 5.40. The lowest BCUT2D eigenvalue weighted by Gasteiger charge is -2.25. The molecule has 0 aliphatic heterocycles. The second kappa shape index (κ2) is 6.10. The molecule has 0 bridgehead atoms. The summed E-state index contributed by atoms with van der Waals surface area (Å²) in [5, 5.41) is 9.03. The van der Waals surface area contributed by atoms with E-state index in [0.29, 0.717) is 5.92 Å². The molecule has 104 valence electrons. The van der Waals surface area contributed by atoms with Gasteiger partial charge in [0.1, 0.15) is 5.75 Å². The van der Waals surface area contributed by atoms with Crippen LogP contribution in [0.3, 0.4) is 0 Å². The fraction of sp³-hybridized carbons (Fsp3) is 0.333. The normalized spacial score (nSPS) is 17.6. The van der Waals surface area contributed by atoms with Gasteiger partial charge in [-0.3, -0.25) is 0 Å². The lowest BCUT2D eigenvalue weighted by atomic mass is 9.83. The molecular formula is C18H20O2. The first-order chi connectivity index (χ1) is 9.86. The maximum atomic E-state index is 9.03. The molecule has 0 saturated carbocycles. The zero-order valence-electron chi connectivity index (χ0n) is 11.6. The Morgan fingerprint density at radius 1 is 1.05 bits per heavy atom. The van der Waals surface area contributed by atoms with Crippen LogP contribution in [0.2, 0.25) is 0 Å². The Balaban J connectivity index is 1.66. The molecule has 0 aromatic heterocycles. The highest BCUT2D eigenvalue weighted by molar-refractivity contribution is 5.33. The molecule has 1 unspecified atom stereocenters. The number of aliphatic hydroxyl groups excluding tert-OH is 1. The van der Waals surface area contributed by atoms with Crippen molar-refractivity contribution in [3.05, 3.63) is 65.2 Å². The number of ether oxygens (including phenoxy) is 1. The fourth-order valence-corrected chi connectivity index (χ4v) is 2.92. The van der Waals surface area contributed by atoms with Gasteiger partial charge in [-0.25, -0.2) is 0 Å². The number of benzene rings is 2. The van der Waals surface area contributed by atoms with E-state index in [1.165, 1.54) is 30.4 Å². The molecule has 2 aromatic carbocycles. The average molecular weight is 268 g/mol. The average Bonchev–Trinajstić information content (AvgIpc) is 2.53. The highest BCUT2D eigenvalue weighted by atomic mass is 16.5. The van der Waals surface area contributed by atoms with Crippen molar-refractivity contribution in [2.24, 2.45) is 0 Å². The van der Waals surface area contributed by atoms with Crippen LogP contribution in [0.15, 0.2) is 48.5 Å². The summed E-state index contributed by atoms with van der Waals surface area (Å²) in [5.74, 6) is 1.38. The summed E-state index contributed by atoms with van der Waals surface area (Å²) in [6, 6.07) is 16.4. The maximum absolute atomic E-state index is 9.03. The molecule has 0 fully saturated rings. The van der Waals surface area contributed by atoms with Crippen LogP contribution in [0.5, 0.6) is 5.75 Å². The van der Waals surface area contributed by atoms with Gasteiger partial charge in [0.2, 0.25) is 0 Å². The number of hydrogen-bond donors (Lipinski definition) is 1. The van der Waals surface area contributed by atoms with Crippen molar-refractivity contribution in [1.29, 1.82) is 0 Å². The van der Waals surface area contributed by atoms with Crippen molar-refractivity contribution >= 4 is 0 Å². The predicted octanol–water partition coefficient (Wildman–Crippen LogP) is 3.68. The first-order valence-electron chi connectivity index (χ1n) is 7.27. The molecule has 0 heterocycles. The van der Waals surface area contributed by atoms with E-state index in [-0.39, 0.29) is 6.61 Å². The zero-order valence-corrected chi connectivity index (χ0v) is 11.6. The molecule has 0 radical (unpaired) electrons. The predicted molar refractivity (Wildman–Crippen MR) is 80.0 cm³/mol. The van der Waals surface area contributed by atoms with E-state index in [1.807, 2.05) is 24.3 Å². The smallest absolute Gasteiger partial charge is 0.119 e. The number of hydrogen-bond acceptors (Lipinski definition) is 2. The van der Waals surface area contributed by atoms with Crippen LogP contribution in [-0.2, 0) is 13.0 Å². The van der Waals surface area contributed by atoms with Gasteiger partial charge in [0.05, 0.1) is 13.2 Å². The Morgan fingerprint density at radius 3 is 2.65 bits per heavy atom. The van der Waals surface area contributed by atoms with Crippen LogP contribution in [0.4, 0.5) is 0 Å². The van der Waals surface area contributed by atoms with Gasteiger partial charge in [0.15, 0.2) is 0 Å². The van der Waals surface area contributed by atoms with Crippen LogP contribution in [-0.4, -0.2) is 11.7 Å². The van der Waals surface area contributed by atoms with Crippen LogP contribution < -0.4 is 4.74 Å². The van der Waals surface area contributed by atoms with E-state index in [9.17, 15) is 0 Å². The van der Waals surface area contributed by atoms with Gasteiger partial charge in [-0.2, -0.15) is 0 Å². The first-order valence-corrected chi connectivity index (χ1v) is 7.27. The molecule has 1 aliphatic carbocycles. The van der Waals surface area contributed by atoms with Gasteiger partial charge < -0.3 is 9.84 Å². The van der Waals surface area contributed by atoms with Crippen LogP contribution in [0, 0.1) is 0 Å². The Hall–Kier alpha value is -1.80. The molecular weight excluding hydrogens is 248 g/mol. The third-order valence-corrected chi connectivity index (χ3v) is 4.05. The van der Waals surface area contributed by atoms with Crippen molar-refractivity contribution < 1.29 is 9.84 Å². The monoisotopic (exact) mass is 268 g/mol. The van der Waals surface area contributed by atoms with Gasteiger partial charge >= 0.3 is 0 Å². The molecule has 2 nitrogen and oxygen atoms in total. The Morgan fingerprint density at radius 2 is 1.85 bits per heavy atom. The van der Waals surface area contributed by atoms with Crippen molar-refractivity contribution in [2.75, 3.05) is 6.61 Å². The minimum absolute atomic E-state index is 0.0796. The molecule has 1 aliphatic rings. The number of aryl methyl sites for hydroxylation is 1. The summed E-state index contributed by atoms with van der Waals surface area (Å²) in [6.07, 6.45) is 3.64. The molecule has 2 aromatic rings. The van der Waals surface area contributed by atoms with Crippen molar-refractivity contribution in [3.63, 3.8) is 0 Å². The quantitative estimate of drug-likeness (QED) is 0.916. The molecule has 20 heavy (non-hydrogen) atoms. The van der Waals surface area contributed by atoms with Crippen molar-refractivity contribution in [1.82, 2.24) is 0 Å². The molecule has 1 N–H and O–H groups in total. The van der Waals surface area contributed by atoms with E-state index in [2.05, 4.69) is 24.3 Å². The van der Waals surface area contributed by atoms with E-state index < -0.39 is 0 Å². The first kappa shape index (κ1) is 13.2. The van der Waals surface area contributed by atoms with Gasteiger partial charge in [0, 0.05) is 5.92 Å². The van der Waals surface area contributed by atoms with Crippen molar-refractivity contribution in [2.45, 2.75) is 31.8 Å². The van der Waals surface area contributed by atoms with Gasteiger partial charge in [0.25, 0.3) is 0 Å². The molecule has 1 atom stereocenters. The standard InChI is InChI=1S/C18H20O2/c19-12-14-8-10-17(11-9-14)20-13-16-6-3-5-15-4-1-2-7-18(15)16/h1-2,4,7-11,16,19H,3,5-6,12-13H2. The second-order valence-electron chi connectivity index (χ2n) is 5.40. The zero-order chi connectivity index (χ0) is 13.8. The molecule has 0 saturated heterocycles. The van der Waals surface area contributed by atoms with E-state index in [0.717, 1.165) is 17.9 Å². The summed E-state index contributed by atoms with van der Waals surface area (Å²) in [4.78, 5) is 0. The minimum Gasteiger partial charge on any atom is -0.493 e. The summed E-state index contributed by atoms with van der Waals surface area (Å²) in [7, 11) is 0. The summed E-state index contributed by atoms with van der Waals surface area (Å²) in [5.41, 5.74) is 3.84. The van der Waals surface area contributed by atoms with E-state index >= 15 is 0 Å². The maximum Gasteiger partial charge on any atom is 0.119 e. The van der Waals surface area contributed by atoms with Crippen molar-refractivity contribution in [3.8, 4) is 5.75 Å². The van der Waals surface area contributed by atoms with Gasteiger partial charge in [-0.15, -0.1) is 0 Å². The lowest BCUT2D eigenvalue weighted by Crippen LogP contribution is -2.16. The lowest BCUT2D eigenvalue weighted by molar-refractivity contribution is 0.272. The van der Waals surface area contributed by atoms with E-state index in [1.54, 1.807) is 0 Å². The fourth-order valence-electron chi connectivity index (χ4n) is 2.92.